The monoisotopic (exact) mass is 321 g/mol. The summed E-state index contributed by atoms with van der Waals surface area (Å²) in [5, 5.41) is -0.0437. The summed E-state index contributed by atoms with van der Waals surface area (Å²) in [5.74, 6) is -0.862. The van der Waals surface area contributed by atoms with Crippen LogP contribution in [0.4, 0.5) is 4.39 Å². The van der Waals surface area contributed by atoms with Crippen LogP contribution in [0.3, 0.4) is 0 Å². The summed E-state index contributed by atoms with van der Waals surface area (Å²) < 4.78 is 14.1. The number of Topliss-reactive ketones (excluding diaryl/α,β-unsaturated/α-hetero) is 1. The number of halogens is 3. The van der Waals surface area contributed by atoms with E-state index in [2.05, 4.69) is 15.9 Å². The fourth-order valence-electron chi connectivity index (χ4n) is 1.48. The largest absolute Gasteiger partial charge is 0.330 e. The Kier molecular flexibility index (Phi) is 6.09. The third-order valence-corrected chi connectivity index (χ3v) is 3.70. The highest BCUT2D eigenvalue weighted by atomic mass is 79.9. The first kappa shape index (κ1) is 14.6. The van der Waals surface area contributed by atoms with E-state index in [4.69, 9.17) is 17.3 Å². The number of nitrogens with two attached hydrogens (primary N) is 1. The Morgan fingerprint density at radius 1 is 1.35 bits per heavy atom. The molecule has 0 bridgehead atoms. The fourth-order valence-corrected chi connectivity index (χ4v) is 1.95. The molecule has 0 saturated carbocycles. The molecular formula is C12H14BrClFNO. The minimum absolute atomic E-state index is 0.0437. The number of hydrogen-bond acceptors (Lipinski definition) is 2. The van der Waals surface area contributed by atoms with E-state index in [0.717, 1.165) is 19.3 Å². The van der Waals surface area contributed by atoms with Gasteiger partial charge in [0.15, 0.2) is 11.6 Å². The molecule has 0 aliphatic heterocycles. The van der Waals surface area contributed by atoms with Crippen LogP contribution in [0.25, 0.3) is 0 Å². The highest BCUT2D eigenvalue weighted by Crippen LogP contribution is 2.28. The Balaban J connectivity index is 2.66. The fraction of sp³-hybridized carbons (Fsp3) is 0.417. The molecular weight excluding hydrogens is 308 g/mol. The third-order valence-electron chi connectivity index (χ3n) is 2.44. The molecule has 0 amide bonds. The predicted octanol–water partition coefficient (Wildman–Crippen LogP) is 3.94. The van der Waals surface area contributed by atoms with Crippen LogP contribution in [0.15, 0.2) is 16.6 Å². The van der Waals surface area contributed by atoms with Crippen LogP contribution in [-0.2, 0) is 0 Å². The molecule has 0 saturated heterocycles. The minimum Gasteiger partial charge on any atom is -0.330 e. The number of carbonyl (C=O) groups is 1. The summed E-state index contributed by atoms with van der Waals surface area (Å²) in [6.07, 6.45) is 2.82. The molecule has 5 heteroatoms. The Morgan fingerprint density at radius 2 is 2.06 bits per heavy atom. The van der Waals surface area contributed by atoms with Gasteiger partial charge in [0, 0.05) is 10.9 Å². The molecule has 1 aromatic rings. The van der Waals surface area contributed by atoms with Crippen molar-refractivity contribution in [1.82, 2.24) is 0 Å². The van der Waals surface area contributed by atoms with Gasteiger partial charge in [0.2, 0.25) is 0 Å². The number of ketones is 1. The first-order valence-electron chi connectivity index (χ1n) is 5.44. The van der Waals surface area contributed by atoms with Crippen molar-refractivity contribution >= 4 is 33.3 Å². The van der Waals surface area contributed by atoms with Crippen molar-refractivity contribution in [2.75, 3.05) is 6.54 Å². The molecule has 0 aliphatic carbocycles. The molecule has 0 atom stereocenters. The molecule has 1 rings (SSSR count). The molecule has 0 aromatic heterocycles. The maximum Gasteiger partial charge on any atom is 0.165 e. The van der Waals surface area contributed by atoms with E-state index in [1.165, 1.54) is 6.07 Å². The number of rotatable bonds is 6. The molecule has 0 unspecified atom stereocenters. The van der Waals surface area contributed by atoms with Gasteiger partial charge in [-0.25, -0.2) is 4.39 Å². The van der Waals surface area contributed by atoms with Crippen molar-refractivity contribution in [1.29, 1.82) is 0 Å². The Hall–Kier alpha value is -0.450. The third kappa shape index (κ3) is 4.05. The Labute approximate surface area is 113 Å². The van der Waals surface area contributed by atoms with Gasteiger partial charge in [0.25, 0.3) is 0 Å². The molecule has 0 heterocycles. The van der Waals surface area contributed by atoms with Gasteiger partial charge in [-0.15, -0.1) is 0 Å². The topological polar surface area (TPSA) is 43.1 Å². The standard InChI is InChI=1S/C12H14BrClFNO/c13-9-6-5-8(12(15)11(9)14)10(17)4-2-1-3-7-16/h5-6H,1-4,7,16H2. The molecule has 0 aliphatic rings. The maximum absolute atomic E-state index is 13.7. The van der Waals surface area contributed by atoms with E-state index in [-0.39, 0.29) is 16.4 Å². The molecule has 0 radical (unpaired) electrons. The van der Waals surface area contributed by atoms with Gasteiger partial charge in [-0.05, 0) is 47.4 Å². The summed E-state index contributed by atoms with van der Waals surface area (Å²) in [4.78, 5) is 11.7. The summed E-state index contributed by atoms with van der Waals surface area (Å²) >= 11 is 8.83. The quantitative estimate of drug-likeness (QED) is 0.490. The Bertz CT molecular complexity index is 412. The van der Waals surface area contributed by atoms with Crippen molar-refractivity contribution in [2.24, 2.45) is 5.73 Å². The van der Waals surface area contributed by atoms with Crippen molar-refractivity contribution in [3.05, 3.63) is 33.0 Å². The predicted molar refractivity (Wildman–Crippen MR) is 71.0 cm³/mol. The van der Waals surface area contributed by atoms with Crippen LogP contribution in [-0.4, -0.2) is 12.3 Å². The highest BCUT2D eigenvalue weighted by Gasteiger charge is 2.15. The summed E-state index contributed by atoms with van der Waals surface area (Å²) in [6, 6.07) is 3.04. The number of carbonyl (C=O) groups excluding carboxylic acids is 1. The molecule has 2 N–H and O–H groups in total. The van der Waals surface area contributed by atoms with Gasteiger partial charge in [0.05, 0.1) is 10.6 Å². The summed E-state index contributed by atoms with van der Waals surface area (Å²) in [6.45, 7) is 0.618. The SMILES string of the molecule is NCCCCCC(=O)c1ccc(Br)c(Cl)c1F. The number of unbranched alkanes of at least 4 members (excludes halogenated alkanes) is 2. The number of hydrogen-bond donors (Lipinski definition) is 1. The lowest BCUT2D eigenvalue weighted by molar-refractivity contribution is 0.0975. The van der Waals surface area contributed by atoms with E-state index >= 15 is 0 Å². The zero-order chi connectivity index (χ0) is 12.8. The smallest absolute Gasteiger partial charge is 0.165 e. The lowest BCUT2D eigenvalue weighted by Gasteiger charge is -2.05. The van der Waals surface area contributed by atoms with E-state index in [1.807, 2.05) is 0 Å². The average molecular weight is 323 g/mol. The number of benzene rings is 1. The van der Waals surface area contributed by atoms with Gasteiger partial charge >= 0.3 is 0 Å². The van der Waals surface area contributed by atoms with Gasteiger partial charge in [0.1, 0.15) is 0 Å². The second-order valence-corrected chi connectivity index (χ2v) is 4.98. The lowest BCUT2D eigenvalue weighted by atomic mass is 10.0. The van der Waals surface area contributed by atoms with Gasteiger partial charge < -0.3 is 5.73 Å². The first-order chi connectivity index (χ1) is 8.07. The zero-order valence-electron chi connectivity index (χ0n) is 9.31. The van der Waals surface area contributed by atoms with E-state index in [1.54, 1.807) is 6.07 Å². The zero-order valence-corrected chi connectivity index (χ0v) is 11.7. The lowest BCUT2D eigenvalue weighted by Crippen LogP contribution is -2.04. The average Bonchev–Trinajstić information content (AvgIpc) is 2.31. The summed E-state index contributed by atoms with van der Waals surface area (Å²) in [7, 11) is 0. The molecule has 1 aromatic carbocycles. The van der Waals surface area contributed by atoms with Crippen LogP contribution < -0.4 is 5.73 Å². The highest BCUT2D eigenvalue weighted by molar-refractivity contribution is 9.10. The van der Waals surface area contributed by atoms with Crippen molar-refractivity contribution in [3.8, 4) is 0 Å². The minimum atomic E-state index is -0.648. The van der Waals surface area contributed by atoms with Crippen molar-refractivity contribution in [3.63, 3.8) is 0 Å². The van der Waals surface area contributed by atoms with Crippen LogP contribution >= 0.6 is 27.5 Å². The molecule has 94 valence electrons. The van der Waals surface area contributed by atoms with Crippen LogP contribution in [0, 0.1) is 5.82 Å². The maximum atomic E-state index is 13.7. The van der Waals surface area contributed by atoms with Crippen LogP contribution in [0.1, 0.15) is 36.0 Å². The van der Waals surface area contributed by atoms with Crippen molar-refractivity contribution in [2.45, 2.75) is 25.7 Å². The van der Waals surface area contributed by atoms with Gasteiger partial charge in [-0.2, -0.15) is 0 Å². The van der Waals surface area contributed by atoms with Crippen LogP contribution in [0.2, 0.25) is 5.02 Å². The molecule has 0 spiro atoms. The second-order valence-electron chi connectivity index (χ2n) is 3.75. The van der Waals surface area contributed by atoms with Crippen molar-refractivity contribution < 1.29 is 9.18 Å². The molecule has 0 fully saturated rings. The van der Waals surface area contributed by atoms with Gasteiger partial charge in [-0.3, -0.25) is 4.79 Å². The van der Waals surface area contributed by atoms with E-state index < -0.39 is 5.82 Å². The van der Waals surface area contributed by atoms with E-state index in [9.17, 15) is 9.18 Å². The normalized spacial score (nSPS) is 10.6. The van der Waals surface area contributed by atoms with Crippen LogP contribution in [0.5, 0.6) is 0 Å². The Morgan fingerprint density at radius 3 is 2.71 bits per heavy atom. The van der Waals surface area contributed by atoms with Gasteiger partial charge in [-0.1, -0.05) is 18.0 Å². The summed E-state index contributed by atoms with van der Waals surface area (Å²) in [5.41, 5.74) is 5.41. The second kappa shape index (κ2) is 7.09. The molecule has 2 nitrogen and oxygen atoms in total. The first-order valence-corrected chi connectivity index (χ1v) is 6.61. The van der Waals surface area contributed by atoms with E-state index in [0.29, 0.717) is 17.4 Å². The molecule has 17 heavy (non-hydrogen) atoms.